The monoisotopic (exact) mass is 354 g/mol. The number of methoxy groups -OCH3 is 2. The van der Waals surface area contributed by atoms with Gasteiger partial charge in [-0.3, -0.25) is 9.59 Å². The van der Waals surface area contributed by atoms with Crippen molar-refractivity contribution in [3.8, 4) is 17.9 Å². The van der Waals surface area contributed by atoms with Gasteiger partial charge in [-0.2, -0.15) is 10.5 Å². The Labute approximate surface area is 149 Å². The molecule has 8 nitrogen and oxygen atoms in total. The Morgan fingerprint density at radius 3 is 1.85 bits per heavy atom. The number of esters is 3. The molecule has 2 unspecified atom stereocenters. The molecule has 0 N–H and O–H groups in total. The van der Waals surface area contributed by atoms with Gasteiger partial charge < -0.3 is 14.2 Å². The van der Waals surface area contributed by atoms with E-state index in [0.717, 1.165) is 20.3 Å². The molecule has 0 aliphatic heterocycles. The van der Waals surface area contributed by atoms with Crippen molar-refractivity contribution in [1.82, 2.24) is 0 Å². The smallest absolute Gasteiger partial charge is 0.335 e. The molecule has 0 spiro atoms. The molecular formula is C18H14N2O6. The number of carbonyl (C=O) groups excluding carboxylic acids is 3. The first-order valence-corrected chi connectivity index (χ1v) is 7.33. The molecule has 26 heavy (non-hydrogen) atoms. The zero-order chi connectivity index (χ0) is 19.5. The summed E-state index contributed by atoms with van der Waals surface area (Å²) < 4.78 is 14.3. The summed E-state index contributed by atoms with van der Waals surface area (Å²) in [5.41, 5.74) is -3.70. The van der Waals surface area contributed by atoms with Gasteiger partial charge >= 0.3 is 17.9 Å². The van der Waals surface area contributed by atoms with E-state index in [9.17, 15) is 24.9 Å². The lowest BCUT2D eigenvalue weighted by Gasteiger charge is -2.09. The summed E-state index contributed by atoms with van der Waals surface area (Å²) in [6, 6.07) is 9.26. The molecule has 8 heteroatoms. The molecule has 0 saturated heterocycles. The molecule has 2 atom stereocenters. The first-order valence-electron chi connectivity index (χ1n) is 7.33. The molecular weight excluding hydrogens is 340 g/mol. The van der Waals surface area contributed by atoms with E-state index in [2.05, 4.69) is 16.1 Å². The van der Waals surface area contributed by atoms with Crippen molar-refractivity contribution in [3.63, 3.8) is 0 Å². The SMILES string of the molecule is C=CC(=O)Oc1ccc(C2C(C#N)(C(=O)OC)C2(C#N)C(=O)OC)cc1. The van der Waals surface area contributed by atoms with Crippen LogP contribution in [0.15, 0.2) is 36.9 Å². The zero-order valence-electron chi connectivity index (χ0n) is 14.0. The van der Waals surface area contributed by atoms with E-state index in [1.54, 1.807) is 12.1 Å². The van der Waals surface area contributed by atoms with Gasteiger partial charge in [-0.05, 0) is 17.7 Å². The first-order chi connectivity index (χ1) is 12.4. The molecule has 0 radical (unpaired) electrons. The minimum absolute atomic E-state index is 0.195. The second-order valence-electron chi connectivity index (χ2n) is 5.45. The van der Waals surface area contributed by atoms with Crippen molar-refractivity contribution < 1.29 is 28.6 Å². The molecule has 0 amide bonds. The zero-order valence-corrected chi connectivity index (χ0v) is 14.0. The van der Waals surface area contributed by atoms with Crippen molar-refractivity contribution >= 4 is 17.9 Å². The topological polar surface area (TPSA) is 126 Å². The second-order valence-corrected chi connectivity index (χ2v) is 5.45. The van der Waals surface area contributed by atoms with E-state index in [-0.39, 0.29) is 5.75 Å². The number of nitriles is 2. The van der Waals surface area contributed by atoms with Crippen molar-refractivity contribution in [2.45, 2.75) is 5.92 Å². The highest BCUT2D eigenvalue weighted by Gasteiger charge is 2.89. The highest BCUT2D eigenvalue weighted by atomic mass is 16.5. The predicted octanol–water partition coefficient (Wildman–Crippen LogP) is 1.24. The molecule has 1 saturated carbocycles. The Morgan fingerprint density at radius 2 is 1.50 bits per heavy atom. The van der Waals surface area contributed by atoms with Gasteiger partial charge in [0.2, 0.25) is 0 Å². The maximum atomic E-state index is 12.3. The molecule has 0 bridgehead atoms. The fourth-order valence-electron chi connectivity index (χ4n) is 3.14. The van der Waals surface area contributed by atoms with Crippen LogP contribution in [0, 0.1) is 33.5 Å². The third-order valence-electron chi connectivity index (χ3n) is 4.37. The van der Waals surface area contributed by atoms with Gasteiger partial charge in [0.25, 0.3) is 0 Å². The normalized spacial score (nSPS) is 25.8. The maximum Gasteiger partial charge on any atom is 0.335 e. The summed E-state index contributed by atoms with van der Waals surface area (Å²) in [6.45, 7) is 3.28. The molecule has 132 valence electrons. The van der Waals surface area contributed by atoms with Crippen LogP contribution in [0.25, 0.3) is 0 Å². The van der Waals surface area contributed by atoms with E-state index < -0.39 is 34.7 Å². The lowest BCUT2D eigenvalue weighted by atomic mass is 9.95. The highest BCUT2D eigenvalue weighted by Crippen LogP contribution is 2.74. The van der Waals surface area contributed by atoms with Crippen LogP contribution in [0.3, 0.4) is 0 Å². The van der Waals surface area contributed by atoms with Crippen LogP contribution < -0.4 is 4.74 Å². The minimum Gasteiger partial charge on any atom is -0.468 e. The molecule has 1 aromatic carbocycles. The minimum atomic E-state index is -2.02. The second kappa shape index (κ2) is 6.69. The van der Waals surface area contributed by atoms with E-state index in [4.69, 9.17) is 4.74 Å². The summed E-state index contributed by atoms with van der Waals surface area (Å²) in [5, 5.41) is 19.2. The molecule has 1 aliphatic rings. The van der Waals surface area contributed by atoms with Crippen molar-refractivity contribution in [2.24, 2.45) is 10.8 Å². The molecule has 0 aromatic heterocycles. The van der Waals surface area contributed by atoms with Gasteiger partial charge in [0.1, 0.15) is 5.75 Å². The standard InChI is InChI=1S/C18H14N2O6/c1-4-13(21)26-12-7-5-11(6-8-12)14-17(9-19,15(22)24-2)18(14,10-20)16(23)25-3/h4-8,14H,1H2,2-3H3. The van der Waals surface area contributed by atoms with Gasteiger partial charge in [-0.1, -0.05) is 18.7 Å². The fraction of sp³-hybridized carbons (Fsp3) is 0.278. The Bertz CT molecular complexity index is 823. The molecule has 1 aromatic rings. The number of ether oxygens (including phenoxy) is 3. The quantitative estimate of drug-likeness (QED) is 0.439. The van der Waals surface area contributed by atoms with Crippen LogP contribution in [0.4, 0.5) is 0 Å². The van der Waals surface area contributed by atoms with Crippen LogP contribution in [0.1, 0.15) is 11.5 Å². The average Bonchev–Trinajstić information content (AvgIpc) is 3.31. The van der Waals surface area contributed by atoms with Gasteiger partial charge in [-0.25, -0.2) is 4.79 Å². The Balaban J connectivity index is 2.52. The Morgan fingerprint density at radius 1 is 1.04 bits per heavy atom. The summed E-state index contributed by atoms with van der Waals surface area (Å²) in [5.74, 6) is -3.56. The fourth-order valence-corrected chi connectivity index (χ4v) is 3.14. The van der Waals surface area contributed by atoms with E-state index in [1.165, 1.54) is 24.3 Å². The van der Waals surface area contributed by atoms with E-state index >= 15 is 0 Å². The number of carbonyl (C=O) groups is 3. The number of hydrogen-bond acceptors (Lipinski definition) is 8. The van der Waals surface area contributed by atoms with Crippen molar-refractivity contribution in [2.75, 3.05) is 14.2 Å². The van der Waals surface area contributed by atoms with Crippen LogP contribution in [0.2, 0.25) is 0 Å². The Kier molecular flexibility index (Phi) is 4.81. The number of hydrogen-bond donors (Lipinski definition) is 0. The lowest BCUT2D eigenvalue weighted by Crippen LogP contribution is -2.29. The number of benzene rings is 1. The molecule has 1 aliphatic carbocycles. The summed E-state index contributed by atoms with van der Waals surface area (Å²) in [6.07, 6.45) is 0.991. The van der Waals surface area contributed by atoms with Gasteiger partial charge in [0, 0.05) is 12.0 Å². The average molecular weight is 354 g/mol. The van der Waals surface area contributed by atoms with Crippen LogP contribution in [0.5, 0.6) is 5.75 Å². The number of nitrogens with zero attached hydrogens (tertiary/aromatic N) is 2. The van der Waals surface area contributed by atoms with Crippen LogP contribution in [-0.2, 0) is 23.9 Å². The molecule has 1 fully saturated rings. The predicted molar refractivity (Wildman–Crippen MR) is 85.1 cm³/mol. The van der Waals surface area contributed by atoms with Gasteiger partial charge in [0.05, 0.1) is 26.4 Å². The summed E-state index contributed by atoms with van der Waals surface area (Å²) in [4.78, 5) is 35.8. The van der Waals surface area contributed by atoms with E-state index in [1.807, 2.05) is 0 Å². The maximum absolute atomic E-state index is 12.3. The first kappa shape index (κ1) is 18.7. The Hall–Kier alpha value is -3.65. The van der Waals surface area contributed by atoms with Gasteiger partial charge in [0.15, 0.2) is 10.8 Å². The van der Waals surface area contributed by atoms with Crippen LogP contribution in [-0.4, -0.2) is 32.1 Å². The van der Waals surface area contributed by atoms with Gasteiger partial charge in [-0.15, -0.1) is 0 Å². The van der Waals surface area contributed by atoms with Crippen molar-refractivity contribution in [1.29, 1.82) is 10.5 Å². The number of rotatable bonds is 5. The molecule has 2 rings (SSSR count). The molecule has 0 heterocycles. The summed E-state index contributed by atoms with van der Waals surface area (Å²) in [7, 11) is 2.13. The highest BCUT2D eigenvalue weighted by molar-refractivity contribution is 6.02. The lowest BCUT2D eigenvalue weighted by molar-refractivity contribution is -0.153. The third-order valence-corrected chi connectivity index (χ3v) is 4.37. The van der Waals surface area contributed by atoms with Crippen LogP contribution >= 0.6 is 0 Å². The van der Waals surface area contributed by atoms with Crippen molar-refractivity contribution in [3.05, 3.63) is 42.5 Å². The third kappa shape index (κ3) is 2.32. The summed E-state index contributed by atoms with van der Waals surface area (Å²) >= 11 is 0. The largest absolute Gasteiger partial charge is 0.468 e. The van der Waals surface area contributed by atoms with E-state index in [0.29, 0.717) is 5.56 Å².